The number of amides is 1. The average molecular weight is 506 g/mol. The van der Waals surface area contributed by atoms with Crippen molar-refractivity contribution < 1.29 is 4.79 Å². The van der Waals surface area contributed by atoms with E-state index in [0.29, 0.717) is 11.3 Å². The van der Waals surface area contributed by atoms with Gasteiger partial charge in [0.25, 0.3) is 0 Å². The Morgan fingerprint density at radius 2 is 1.63 bits per heavy atom. The zero-order chi connectivity index (χ0) is 24.9. The lowest BCUT2D eigenvalue weighted by Crippen LogP contribution is -2.51. The van der Waals surface area contributed by atoms with Crippen LogP contribution < -0.4 is 0 Å². The van der Waals surface area contributed by atoms with Crippen LogP contribution >= 0.6 is 10.0 Å². The first-order valence-electron chi connectivity index (χ1n) is 16.0. The molecule has 5 unspecified atom stereocenters. The largest absolute Gasteiger partial charge is 0.343 e. The molecular weight excluding hydrogens is 446 g/mol. The van der Waals surface area contributed by atoms with Crippen LogP contribution in [0.15, 0.2) is 0 Å². The van der Waals surface area contributed by atoms with Crippen molar-refractivity contribution in [1.82, 2.24) is 4.90 Å². The highest BCUT2D eigenvalue weighted by molar-refractivity contribution is 8.34. The normalized spacial score (nSPS) is 40.3. The first-order valence-corrected chi connectivity index (χ1v) is 18.3. The maximum absolute atomic E-state index is 13.2. The zero-order valence-corrected chi connectivity index (χ0v) is 24.8. The van der Waals surface area contributed by atoms with Crippen molar-refractivity contribution in [2.24, 2.45) is 23.2 Å². The van der Waals surface area contributed by atoms with E-state index in [1.807, 2.05) is 0 Å². The first kappa shape index (κ1) is 27.8. The lowest BCUT2D eigenvalue weighted by molar-refractivity contribution is -0.131. The van der Waals surface area contributed by atoms with Gasteiger partial charge in [0.15, 0.2) is 0 Å². The zero-order valence-electron chi connectivity index (χ0n) is 24.0. The van der Waals surface area contributed by atoms with Crippen LogP contribution in [0.2, 0.25) is 0 Å². The summed E-state index contributed by atoms with van der Waals surface area (Å²) in [6, 6.07) is 0. The summed E-state index contributed by atoms with van der Waals surface area (Å²) in [5, 5.41) is 2.21. The van der Waals surface area contributed by atoms with Gasteiger partial charge in [0, 0.05) is 19.5 Å². The van der Waals surface area contributed by atoms with Gasteiger partial charge >= 0.3 is 0 Å². The fourth-order valence-electron chi connectivity index (χ4n) is 9.43. The van der Waals surface area contributed by atoms with E-state index >= 15 is 0 Å². The minimum Gasteiger partial charge on any atom is -0.343 e. The highest BCUT2D eigenvalue weighted by atomic mass is 32.3. The monoisotopic (exact) mass is 505 g/mol. The van der Waals surface area contributed by atoms with Crippen LogP contribution in [-0.4, -0.2) is 46.4 Å². The van der Waals surface area contributed by atoms with Crippen LogP contribution in [0.5, 0.6) is 0 Å². The first-order chi connectivity index (χ1) is 16.9. The Morgan fingerprint density at radius 1 is 0.886 bits per heavy atom. The van der Waals surface area contributed by atoms with Crippen molar-refractivity contribution in [2.45, 2.75) is 147 Å². The van der Waals surface area contributed by atoms with Crippen molar-refractivity contribution in [2.75, 3.05) is 25.1 Å². The standard InChI is InChI=1S/C32H59NOS/c1-5-7-10-23-33(24-11-8-6-2)31(34)16-13-14-26-17-20-29-28-19-18-27-15-9-12-25-35(27,4)30(28)21-22-32(26,29)3/h26-30H,5-25H2,1-4H3/t26-,27?,28?,29?,30?,32+/m0/s1. The van der Waals surface area contributed by atoms with Crippen LogP contribution in [0.4, 0.5) is 0 Å². The minimum atomic E-state index is -0.373. The quantitative estimate of drug-likeness (QED) is 0.242. The van der Waals surface area contributed by atoms with E-state index in [-0.39, 0.29) is 10.0 Å². The number of rotatable bonds is 12. The number of carbonyl (C=O) groups is 1. The molecule has 4 aliphatic rings. The molecule has 3 heteroatoms. The molecule has 7 atom stereocenters. The highest BCUT2D eigenvalue weighted by Crippen LogP contribution is 2.72. The summed E-state index contributed by atoms with van der Waals surface area (Å²) in [5.74, 6) is 4.96. The summed E-state index contributed by atoms with van der Waals surface area (Å²) < 4.78 is 0. The Kier molecular flexibility index (Phi) is 10.0. The third-order valence-electron chi connectivity index (χ3n) is 11.6. The highest BCUT2D eigenvalue weighted by Gasteiger charge is 2.58. The molecule has 0 aromatic heterocycles. The molecule has 2 aliphatic heterocycles. The Morgan fingerprint density at radius 3 is 2.34 bits per heavy atom. The molecule has 4 rings (SSSR count). The molecule has 2 aliphatic carbocycles. The summed E-state index contributed by atoms with van der Waals surface area (Å²) >= 11 is 0. The van der Waals surface area contributed by atoms with Crippen molar-refractivity contribution >= 4 is 15.9 Å². The maximum atomic E-state index is 13.2. The van der Waals surface area contributed by atoms with Crippen LogP contribution in [0, 0.1) is 23.2 Å². The molecule has 0 N–H and O–H groups in total. The second kappa shape index (κ2) is 12.6. The average Bonchev–Trinajstić information content (AvgIpc) is 3.19. The molecule has 2 heterocycles. The molecule has 0 radical (unpaired) electrons. The third kappa shape index (κ3) is 5.96. The number of hydrogen-bond donors (Lipinski definition) is 0. The fraction of sp³-hybridized carbons (Fsp3) is 0.969. The molecule has 0 bridgehead atoms. The van der Waals surface area contributed by atoms with Gasteiger partial charge in [-0.3, -0.25) is 4.79 Å². The van der Waals surface area contributed by atoms with Gasteiger partial charge in [0.2, 0.25) is 5.91 Å². The van der Waals surface area contributed by atoms with Crippen molar-refractivity contribution in [3.8, 4) is 0 Å². The lowest BCUT2D eigenvalue weighted by atomic mass is 9.59. The Hall–Kier alpha value is -0.180. The molecule has 2 nitrogen and oxygen atoms in total. The number of unbranched alkanes of at least 4 members (excludes halogenated alkanes) is 4. The smallest absolute Gasteiger partial charge is 0.222 e. The molecule has 4 fully saturated rings. The Bertz CT molecular complexity index is 670. The van der Waals surface area contributed by atoms with Gasteiger partial charge in [-0.25, -0.2) is 10.0 Å². The molecule has 35 heavy (non-hydrogen) atoms. The molecule has 0 aromatic rings. The number of fused-ring (bicyclic) bond motifs is 5. The van der Waals surface area contributed by atoms with Gasteiger partial charge in [0.05, 0.1) is 0 Å². The van der Waals surface area contributed by atoms with Gasteiger partial charge in [-0.05, 0) is 123 Å². The van der Waals surface area contributed by atoms with E-state index in [2.05, 4.69) is 31.9 Å². The number of nitrogens with zero attached hydrogens (tertiary/aromatic N) is 1. The Labute approximate surface area is 220 Å². The minimum absolute atomic E-state index is 0.373. The lowest BCUT2D eigenvalue weighted by Gasteiger charge is -2.63. The molecular formula is C32H59NOS. The second-order valence-electron chi connectivity index (χ2n) is 13.4. The molecule has 2 saturated heterocycles. The SMILES string of the molecule is CCCCCN(CCCCC)C(=O)CCC[C@H]1CCC2C3CCC4CCCCS4(C)C3CC[C@@]21C. The van der Waals surface area contributed by atoms with E-state index in [9.17, 15) is 4.79 Å². The van der Waals surface area contributed by atoms with Crippen LogP contribution in [0.1, 0.15) is 136 Å². The van der Waals surface area contributed by atoms with Crippen LogP contribution in [0.25, 0.3) is 0 Å². The summed E-state index contributed by atoms with van der Waals surface area (Å²) in [7, 11) is -0.373. The Balaban J connectivity index is 1.30. The maximum Gasteiger partial charge on any atom is 0.222 e. The molecule has 1 amide bonds. The summed E-state index contributed by atoms with van der Waals surface area (Å²) in [4.78, 5) is 15.4. The summed E-state index contributed by atoms with van der Waals surface area (Å²) in [6.07, 6.45) is 27.1. The van der Waals surface area contributed by atoms with Gasteiger partial charge < -0.3 is 4.90 Å². The van der Waals surface area contributed by atoms with Gasteiger partial charge in [-0.15, -0.1) is 0 Å². The van der Waals surface area contributed by atoms with Crippen LogP contribution in [-0.2, 0) is 4.79 Å². The predicted octanol–water partition coefficient (Wildman–Crippen LogP) is 8.96. The second-order valence-corrected chi connectivity index (χ2v) is 17.6. The molecule has 2 saturated carbocycles. The topological polar surface area (TPSA) is 20.3 Å². The van der Waals surface area contributed by atoms with Crippen molar-refractivity contribution in [3.63, 3.8) is 0 Å². The van der Waals surface area contributed by atoms with E-state index in [1.54, 1.807) is 25.0 Å². The molecule has 204 valence electrons. The number of hydrogen-bond acceptors (Lipinski definition) is 1. The molecule has 0 spiro atoms. The number of carbonyl (C=O) groups excluding carboxylic acids is 1. The van der Waals surface area contributed by atoms with E-state index < -0.39 is 0 Å². The summed E-state index contributed by atoms with van der Waals surface area (Å²) in [5.41, 5.74) is 0.573. The van der Waals surface area contributed by atoms with Gasteiger partial charge in [0.1, 0.15) is 0 Å². The summed E-state index contributed by atoms with van der Waals surface area (Å²) in [6.45, 7) is 9.19. The van der Waals surface area contributed by atoms with E-state index in [1.165, 1.54) is 83.5 Å². The van der Waals surface area contributed by atoms with Crippen molar-refractivity contribution in [3.05, 3.63) is 0 Å². The predicted molar refractivity (Wildman–Crippen MR) is 156 cm³/mol. The van der Waals surface area contributed by atoms with Crippen molar-refractivity contribution in [1.29, 1.82) is 0 Å². The third-order valence-corrected chi connectivity index (χ3v) is 16.7. The fourth-order valence-corrected chi connectivity index (χ4v) is 14.5. The van der Waals surface area contributed by atoms with E-state index in [4.69, 9.17) is 0 Å². The molecule has 0 aromatic carbocycles. The van der Waals surface area contributed by atoms with Gasteiger partial charge in [-0.2, -0.15) is 0 Å². The van der Waals surface area contributed by atoms with Gasteiger partial charge in [-0.1, -0.05) is 52.9 Å². The van der Waals surface area contributed by atoms with E-state index in [0.717, 1.165) is 54.2 Å². The van der Waals surface area contributed by atoms with Crippen LogP contribution in [0.3, 0.4) is 0 Å².